The molecule has 0 heterocycles. The number of carbonyl (C=O) groups excluding carboxylic acids is 1. The van der Waals surface area contributed by atoms with Gasteiger partial charge in [0.2, 0.25) is 0 Å². The van der Waals surface area contributed by atoms with Crippen LogP contribution in [-0.2, 0) is 26.8 Å². The number of ether oxygens (including phenoxy) is 1. The van der Waals surface area contributed by atoms with Gasteiger partial charge in [0.05, 0.1) is 0 Å². The number of hydrogen-bond donors (Lipinski definition) is 2. The van der Waals surface area contributed by atoms with Crippen molar-refractivity contribution in [3.8, 4) is 5.75 Å². The minimum absolute atomic E-state index is 0.186. The van der Waals surface area contributed by atoms with Crippen LogP contribution < -0.4 is 0 Å². The van der Waals surface area contributed by atoms with Crippen LogP contribution in [0.2, 0.25) is 0 Å². The van der Waals surface area contributed by atoms with Crippen molar-refractivity contribution in [2.45, 2.75) is 64.0 Å². The molecule has 1 rings (SSSR count). The van der Waals surface area contributed by atoms with Crippen LogP contribution in [0.1, 0.15) is 58.2 Å². The van der Waals surface area contributed by atoms with E-state index in [0.29, 0.717) is 12.2 Å². The normalized spacial score (nSPS) is 13.5. The van der Waals surface area contributed by atoms with Crippen molar-refractivity contribution >= 4 is 18.6 Å². The van der Waals surface area contributed by atoms with Crippen molar-refractivity contribution in [3.05, 3.63) is 41.5 Å². The number of phenols is 1. The molecule has 0 aromatic heterocycles. The third-order valence-corrected chi connectivity index (χ3v) is 4.22. The van der Waals surface area contributed by atoms with Crippen LogP contribution >= 0.6 is 12.6 Å². The maximum atomic E-state index is 11.9. The predicted octanol–water partition coefficient (Wildman–Crippen LogP) is 4.56. The molecule has 1 N–H and O–H groups in total. The predicted molar refractivity (Wildman–Crippen MR) is 103 cm³/mol. The number of rotatable bonds is 5. The smallest absolute Gasteiger partial charge is 0.319 e. The van der Waals surface area contributed by atoms with E-state index in [1.807, 2.05) is 12.1 Å². The van der Waals surface area contributed by atoms with Crippen molar-refractivity contribution in [1.82, 2.24) is 0 Å². The summed E-state index contributed by atoms with van der Waals surface area (Å²) >= 11 is 4.38. The second-order valence-electron chi connectivity index (χ2n) is 8.18. The zero-order chi connectivity index (χ0) is 18.7. The Kier molecular flexibility index (Phi) is 6.57. The van der Waals surface area contributed by atoms with E-state index in [2.05, 4.69) is 60.8 Å². The SMILES string of the molecule is C=CCOC(=O)C(S)Cc1cc(C(C)(C)C)c(O)c(C(C)(C)C)c1. The average Bonchev–Trinajstić information content (AvgIpc) is 2.43. The van der Waals surface area contributed by atoms with Gasteiger partial charge in [-0.25, -0.2) is 0 Å². The fraction of sp³-hybridized carbons (Fsp3) is 0.550. The number of thiol groups is 1. The van der Waals surface area contributed by atoms with Crippen molar-refractivity contribution in [2.75, 3.05) is 6.61 Å². The molecule has 0 amide bonds. The van der Waals surface area contributed by atoms with Gasteiger partial charge in [-0.2, -0.15) is 12.6 Å². The Balaban J connectivity index is 3.24. The van der Waals surface area contributed by atoms with Crippen LogP contribution in [-0.4, -0.2) is 22.9 Å². The van der Waals surface area contributed by atoms with E-state index in [1.165, 1.54) is 6.08 Å². The third-order valence-electron chi connectivity index (χ3n) is 3.83. The summed E-state index contributed by atoms with van der Waals surface area (Å²) in [6.07, 6.45) is 1.99. The van der Waals surface area contributed by atoms with Gasteiger partial charge in [-0.3, -0.25) is 4.79 Å². The van der Waals surface area contributed by atoms with E-state index in [0.717, 1.165) is 16.7 Å². The van der Waals surface area contributed by atoms with Gasteiger partial charge in [0.1, 0.15) is 17.6 Å². The number of hydrogen-bond acceptors (Lipinski definition) is 4. The van der Waals surface area contributed by atoms with Crippen LogP contribution in [0.4, 0.5) is 0 Å². The van der Waals surface area contributed by atoms with Crippen LogP contribution in [0.3, 0.4) is 0 Å². The largest absolute Gasteiger partial charge is 0.507 e. The number of carbonyl (C=O) groups is 1. The van der Waals surface area contributed by atoms with E-state index < -0.39 is 5.25 Å². The van der Waals surface area contributed by atoms with Gasteiger partial charge in [0.25, 0.3) is 0 Å². The minimum atomic E-state index is -0.546. The van der Waals surface area contributed by atoms with Crippen LogP contribution in [0.25, 0.3) is 0 Å². The van der Waals surface area contributed by atoms with Gasteiger partial charge in [0.15, 0.2) is 0 Å². The Morgan fingerprint density at radius 1 is 1.21 bits per heavy atom. The molecular formula is C20H30O3S. The molecule has 134 valence electrons. The maximum absolute atomic E-state index is 11.9. The summed E-state index contributed by atoms with van der Waals surface area (Å²) in [6, 6.07) is 3.93. The van der Waals surface area contributed by atoms with Crippen molar-refractivity contribution in [3.63, 3.8) is 0 Å². The summed E-state index contributed by atoms with van der Waals surface area (Å²) < 4.78 is 5.06. The Morgan fingerprint density at radius 3 is 2.04 bits per heavy atom. The lowest BCUT2D eigenvalue weighted by Gasteiger charge is -2.28. The van der Waals surface area contributed by atoms with Crippen molar-refractivity contribution in [1.29, 1.82) is 0 Å². The molecule has 0 saturated heterocycles. The highest BCUT2D eigenvalue weighted by Crippen LogP contribution is 2.40. The number of esters is 1. The minimum Gasteiger partial charge on any atom is -0.507 e. The maximum Gasteiger partial charge on any atom is 0.319 e. The Labute approximate surface area is 151 Å². The molecule has 0 radical (unpaired) electrons. The Bertz CT molecular complexity index is 571. The summed E-state index contributed by atoms with van der Waals surface area (Å²) in [6.45, 7) is 16.1. The molecule has 1 aromatic rings. The summed E-state index contributed by atoms with van der Waals surface area (Å²) in [5.74, 6) is -0.0235. The zero-order valence-corrected chi connectivity index (χ0v) is 16.5. The molecular weight excluding hydrogens is 320 g/mol. The average molecular weight is 351 g/mol. The van der Waals surface area contributed by atoms with Gasteiger partial charge in [0, 0.05) is 0 Å². The molecule has 0 aliphatic rings. The lowest BCUT2D eigenvalue weighted by molar-refractivity contribution is -0.141. The lowest BCUT2D eigenvalue weighted by atomic mass is 9.78. The quantitative estimate of drug-likeness (QED) is 0.465. The number of benzene rings is 1. The van der Waals surface area contributed by atoms with E-state index in [-0.39, 0.29) is 23.4 Å². The Hall–Kier alpha value is -1.42. The fourth-order valence-electron chi connectivity index (χ4n) is 2.50. The van der Waals surface area contributed by atoms with E-state index in [1.54, 1.807) is 0 Å². The van der Waals surface area contributed by atoms with Crippen molar-refractivity contribution < 1.29 is 14.6 Å². The first kappa shape index (κ1) is 20.6. The van der Waals surface area contributed by atoms with Crippen LogP contribution in [0.15, 0.2) is 24.8 Å². The summed E-state index contributed by atoms with van der Waals surface area (Å²) in [5, 5.41) is 10.2. The van der Waals surface area contributed by atoms with Gasteiger partial charge in [-0.1, -0.05) is 66.3 Å². The lowest BCUT2D eigenvalue weighted by Crippen LogP contribution is -2.22. The summed E-state index contributed by atoms with van der Waals surface area (Å²) in [4.78, 5) is 11.9. The van der Waals surface area contributed by atoms with Gasteiger partial charge >= 0.3 is 5.97 Å². The highest BCUT2D eigenvalue weighted by atomic mass is 32.1. The van der Waals surface area contributed by atoms with E-state index in [4.69, 9.17) is 4.74 Å². The zero-order valence-electron chi connectivity index (χ0n) is 15.6. The molecule has 24 heavy (non-hydrogen) atoms. The van der Waals surface area contributed by atoms with Crippen LogP contribution in [0.5, 0.6) is 5.75 Å². The highest BCUT2D eigenvalue weighted by Gasteiger charge is 2.27. The number of aromatic hydroxyl groups is 1. The molecule has 3 nitrogen and oxygen atoms in total. The molecule has 0 aliphatic heterocycles. The first-order chi connectivity index (χ1) is 10.9. The fourth-order valence-corrected chi connectivity index (χ4v) is 2.78. The number of phenolic OH excluding ortho intramolecular Hbond substituents is 1. The molecule has 1 aromatic carbocycles. The molecule has 0 bridgehead atoms. The second-order valence-corrected chi connectivity index (χ2v) is 8.80. The van der Waals surface area contributed by atoms with Crippen LogP contribution in [0, 0.1) is 0 Å². The molecule has 0 aliphatic carbocycles. The van der Waals surface area contributed by atoms with E-state index >= 15 is 0 Å². The third kappa shape index (κ3) is 5.30. The first-order valence-electron chi connectivity index (χ1n) is 8.20. The van der Waals surface area contributed by atoms with Crippen molar-refractivity contribution in [2.24, 2.45) is 0 Å². The summed E-state index contributed by atoms with van der Waals surface area (Å²) in [5.41, 5.74) is 2.33. The standard InChI is InChI=1S/C20H30O3S/c1-8-9-23-18(22)16(24)12-13-10-14(19(2,3)4)17(21)15(11-13)20(5,6)7/h8,10-11,16,21,24H,1,9,12H2,2-7H3. The Morgan fingerprint density at radius 2 is 1.67 bits per heavy atom. The molecule has 0 fully saturated rings. The molecule has 1 atom stereocenters. The summed E-state index contributed by atoms with van der Waals surface area (Å²) in [7, 11) is 0. The molecule has 0 spiro atoms. The monoisotopic (exact) mass is 350 g/mol. The van der Waals surface area contributed by atoms with Gasteiger partial charge < -0.3 is 9.84 Å². The van der Waals surface area contributed by atoms with Gasteiger partial charge in [-0.15, -0.1) is 0 Å². The molecule has 4 heteroatoms. The first-order valence-corrected chi connectivity index (χ1v) is 8.72. The molecule has 1 unspecified atom stereocenters. The second kappa shape index (κ2) is 7.64. The van der Waals surface area contributed by atoms with Gasteiger partial charge in [-0.05, 0) is 33.9 Å². The van der Waals surface area contributed by atoms with E-state index in [9.17, 15) is 9.90 Å². The highest BCUT2D eigenvalue weighted by molar-refractivity contribution is 7.81. The molecule has 0 saturated carbocycles. The topological polar surface area (TPSA) is 46.5 Å².